The Morgan fingerprint density at radius 1 is 1.10 bits per heavy atom. The third kappa shape index (κ3) is 3.15. The van der Waals surface area contributed by atoms with E-state index in [1.165, 1.54) is 0 Å². The lowest BCUT2D eigenvalue weighted by atomic mass is 10.1. The van der Waals surface area contributed by atoms with E-state index >= 15 is 0 Å². The summed E-state index contributed by atoms with van der Waals surface area (Å²) in [4.78, 5) is 29.5. The summed E-state index contributed by atoms with van der Waals surface area (Å²) in [5.74, 6) is 0.184. The topological polar surface area (TPSA) is 94.1 Å². The third-order valence-electron chi connectivity index (χ3n) is 6.25. The Hall–Kier alpha value is -3.36. The van der Waals surface area contributed by atoms with Crippen LogP contribution in [0, 0.1) is 6.92 Å². The molecule has 0 radical (unpaired) electrons. The van der Waals surface area contributed by atoms with Crippen LogP contribution in [0.5, 0.6) is 0 Å². The number of rotatable bonds is 1. The molecule has 4 bridgehead atoms. The molecule has 0 aromatic carbocycles. The zero-order valence-electron chi connectivity index (χ0n) is 17.7. The molecule has 3 aromatic rings. The molecule has 1 saturated carbocycles. The van der Waals surface area contributed by atoms with Gasteiger partial charge in [0.15, 0.2) is 0 Å². The number of aliphatic imine (C=N–C) groups is 1. The largest absolute Gasteiger partial charge is 0.334 e. The Labute approximate surface area is 179 Å². The summed E-state index contributed by atoms with van der Waals surface area (Å²) in [6.45, 7) is 3.73. The number of aromatic nitrogens is 6. The van der Waals surface area contributed by atoms with E-state index in [4.69, 9.17) is 9.98 Å². The number of carbonyl (C=O) groups is 1. The first-order chi connectivity index (χ1) is 15.1. The molecule has 158 valence electrons. The van der Waals surface area contributed by atoms with Gasteiger partial charge in [0, 0.05) is 49.6 Å². The van der Waals surface area contributed by atoms with Crippen molar-refractivity contribution in [3.8, 4) is 11.3 Å². The lowest BCUT2D eigenvalue weighted by Crippen LogP contribution is -2.33. The fraction of sp³-hybridized carbons (Fsp3) is 0.455. The molecule has 0 unspecified atom stereocenters. The lowest BCUT2D eigenvalue weighted by molar-refractivity contribution is -0.132. The zero-order chi connectivity index (χ0) is 21.1. The summed E-state index contributed by atoms with van der Waals surface area (Å²) < 4.78 is 3.72. The van der Waals surface area contributed by atoms with Gasteiger partial charge in [-0.3, -0.25) is 24.1 Å². The molecule has 5 heterocycles. The second-order valence-electron chi connectivity index (χ2n) is 8.63. The van der Waals surface area contributed by atoms with Gasteiger partial charge in [-0.25, -0.2) is 4.98 Å². The summed E-state index contributed by atoms with van der Waals surface area (Å²) in [7, 11) is 1.90. The standard InChI is InChI=1S/C22H24N8O/c1-13-15-11-29(26-13)7-3-4-20(31)30(14-5-6-14)12-19-16(10-28(2)27-19)17-8-23-18-9-24-21(15)22(18)25-17/h8,10-11,14H,3-7,9,12H2,1-2H3. The van der Waals surface area contributed by atoms with E-state index in [0.717, 1.165) is 64.6 Å². The van der Waals surface area contributed by atoms with Crippen molar-refractivity contribution in [3.05, 3.63) is 46.9 Å². The quantitative estimate of drug-likeness (QED) is 0.605. The van der Waals surface area contributed by atoms with Crippen molar-refractivity contribution >= 4 is 11.6 Å². The Balaban J connectivity index is 1.50. The third-order valence-corrected chi connectivity index (χ3v) is 6.25. The minimum Gasteiger partial charge on any atom is -0.334 e. The van der Waals surface area contributed by atoms with E-state index in [-0.39, 0.29) is 5.91 Å². The number of fused-ring (bicyclic) bond motifs is 6. The molecule has 1 aliphatic carbocycles. The van der Waals surface area contributed by atoms with Gasteiger partial charge in [-0.1, -0.05) is 0 Å². The molecule has 0 atom stereocenters. The van der Waals surface area contributed by atoms with E-state index in [1.807, 2.05) is 35.9 Å². The Morgan fingerprint density at radius 3 is 2.81 bits per heavy atom. The van der Waals surface area contributed by atoms with Gasteiger partial charge in [-0.15, -0.1) is 0 Å². The summed E-state index contributed by atoms with van der Waals surface area (Å²) in [6.07, 6.45) is 9.18. The monoisotopic (exact) mass is 416 g/mol. The van der Waals surface area contributed by atoms with E-state index in [0.29, 0.717) is 32.1 Å². The second kappa shape index (κ2) is 6.83. The molecule has 3 aliphatic rings. The number of nitrogens with zero attached hydrogens (tertiary/aromatic N) is 8. The second-order valence-corrected chi connectivity index (χ2v) is 8.63. The van der Waals surface area contributed by atoms with Gasteiger partial charge in [0.2, 0.25) is 5.91 Å². The van der Waals surface area contributed by atoms with Crippen molar-refractivity contribution in [1.82, 2.24) is 34.4 Å². The molecule has 0 saturated heterocycles. The van der Waals surface area contributed by atoms with E-state index in [9.17, 15) is 4.79 Å². The van der Waals surface area contributed by atoms with Crippen LogP contribution in [0.15, 0.2) is 23.6 Å². The van der Waals surface area contributed by atoms with Crippen LogP contribution in [-0.2, 0) is 31.5 Å². The van der Waals surface area contributed by atoms with Crippen LogP contribution in [0.25, 0.3) is 11.3 Å². The van der Waals surface area contributed by atoms with Crippen molar-refractivity contribution in [2.24, 2.45) is 12.0 Å². The van der Waals surface area contributed by atoms with Gasteiger partial charge in [0.1, 0.15) is 5.69 Å². The first-order valence-electron chi connectivity index (χ1n) is 10.8. The predicted octanol–water partition coefficient (Wildman–Crippen LogP) is 2.02. The van der Waals surface area contributed by atoms with E-state index in [2.05, 4.69) is 15.2 Å². The SMILES string of the molecule is Cc1nn2cc1C1=NCc3ncc(nc31)-c1cn(C)nc1CN(C1CC1)C(=O)CCC2. The van der Waals surface area contributed by atoms with Crippen LogP contribution in [0.3, 0.4) is 0 Å². The molecule has 6 rings (SSSR count). The first-order valence-corrected chi connectivity index (χ1v) is 10.8. The fourth-order valence-electron chi connectivity index (χ4n) is 4.53. The molecule has 1 fully saturated rings. The molecule has 3 aromatic heterocycles. The molecule has 31 heavy (non-hydrogen) atoms. The van der Waals surface area contributed by atoms with E-state index < -0.39 is 0 Å². The predicted molar refractivity (Wildman–Crippen MR) is 113 cm³/mol. The van der Waals surface area contributed by atoms with E-state index in [1.54, 1.807) is 10.9 Å². The lowest BCUT2D eigenvalue weighted by Gasteiger charge is -2.22. The molecule has 9 heteroatoms. The van der Waals surface area contributed by atoms with Gasteiger partial charge < -0.3 is 4.90 Å². The molecule has 0 spiro atoms. The van der Waals surface area contributed by atoms with Crippen LogP contribution >= 0.6 is 0 Å². The maximum absolute atomic E-state index is 13.1. The molecule has 9 nitrogen and oxygen atoms in total. The molecular weight excluding hydrogens is 392 g/mol. The van der Waals surface area contributed by atoms with Crippen molar-refractivity contribution in [2.75, 3.05) is 0 Å². The van der Waals surface area contributed by atoms with Gasteiger partial charge in [-0.2, -0.15) is 10.2 Å². The van der Waals surface area contributed by atoms with Crippen LogP contribution in [0.1, 0.15) is 54.0 Å². The average Bonchev–Trinajstić information content (AvgIpc) is 3.24. The van der Waals surface area contributed by atoms with Crippen LogP contribution in [0.4, 0.5) is 0 Å². The van der Waals surface area contributed by atoms with Crippen LogP contribution in [0.2, 0.25) is 0 Å². The molecule has 1 amide bonds. The summed E-state index contributed by atoms with van der Waals surface area (Å²) >= 11 is 0. The number of aryl methyl sites for hydroxylation is 3. The zero-order valence-corrected chi connectivity index (χ0v) is 17.7. The van der Waals surface area contributed by atoms with Crippen molar-refractivity contribution < 1.29 is 4.79 Å². The minimum atomic E-state index is 0.184. The van der Waals surface area contributed by atoms with Gasteiger partial charge in [-0.05, 0) is 26.2 Å². The summed E-state index contributed by atoms with van der Waals surface area (Å²) in [5.41, 5.74) is 7.01. The number of amides is 1. The average molecular weight is 416 g/mol. The summed E-state index contributed by atoms with van der Waals surface area (Å²) in [6, 6.07) is 0.321. The first kappa shape index (κ1) is 18.4. The highest BCUT2D eigenvalue weighted by Crippen LogP contribution is 2.32. The molecule has 2 aliphatic heterocycles. The number of hydrogen-bond donors (Lipinski definition) is 0. The summed E-state index contributed by atoms with van der Waals surface area (Å²) in [5, 5.41) is 9.34. The Morgan fingerprint density at radius 2 is 1.97 bits per heavy atom. The Bertz CT molecular complexity index is 1230. The van der Waals surface area contributed by atoms with Gasteiger partial charge in [0.25, 0.3) is 0 Å². The van der Waals surface area contributed by atoms with Crippen molar-refractivity contribution in [1.29, 1.82) is 0 Å². The minimum absolute atomic E-state index is 0.184. The van der Waals surface area contributed by atoms with Gasteiger partial charge >= 0.3 is 0 Å². The highest BCUT2D eigenvalue weighted by Gasteiger charge is 2.34. The van der Waals surface area contributed by atoms with Gasteiger partial charge in [0.05, 0.1) is 47.8 Å². The highest BCUT2D eigenvalue weighted by atomic mass is 16.2. The normalized spacial score (nSPS) is 18.5. The maximum Gasteiger partial charge on any atom is 0.223 e. The fourth-order valence-corrected chi connectivity index (χ4v) is 4.53. The van der Waals surface area contributed by atoms with Crippen molar-refractivity contribution in [3.63, 3.8) is 0 Å². The molecule has 0 N–H and O–H groups in total. The Kier molecular flexibility index (Phi) is 4.06. The maximum atomic E-state index is 13.1. The molecular formula is C22H24N8O. The van der Waals surface area contributed by atoms with Crippen LogP contribution in [-0.4, -0.2) is 52.1 Å². The van der Waals surface area contributed by atoms with Crippen LogP contribution < -0.4 is 0 Å². The highest BCUT2D eigenvalue weighted by molar-refractivity contribution is 6.14. The van der Waals surface area contributed by atoms with Crippen molar-refractivity contribution in [2.45, 2.75) is 58.3 Å². The number of hydrogen-bond acceptors (Lipinski definition) is 6. The number of carbonyl (C=O) groups excluding carboxylic acids is 1. The smallest absolute Gasteiger partial charge is 0.223 e.